The summed E-state index contributed by atoms with van der Waals surface area (Å²) in [5.74, 6) is 0. The van der Waals surface area contributed by atoms with E-state index in [-0.39, 0.29) is 0 Å². The van der Waals surface area contributed by atoms with Crippen LogP contribution < -0.4 is 5.32 Å². The highest BCUT2D eigenvalue weighted by Gasteiger charge is 1.76. The second-order valence-electron chi connectivity index (χ2n) is 1.46. The zero-order valence-corrected chi connectivity index (χ0v) is 4.74. The van der Waals surface area contributed by atoms with Gasteiger partial charge in [0.05, 0.1) is 0 Å². The maximum Gasteiger partial charge on any atom is 0.0231 e. The van der Waals surface area contributed by atoms with Gasteiger partial charge in [0.15, 0.2) is 0 Å². The van der Waals surface area contributed by atoms with Crippen LogP contribution in [-0.4, -0.2) is 13.1 Å². The Balaban J connectivity index is 2.60. The Morgan fingerprint density at radius 3 is 2.29 bits per heavy atom. The minimum absolute atomic E-state index is 0.508. The van der Waals surface area contributed by atoms with E-state index in [9.17, 15) is 0 Å². The topological polar surface area (TPSA) is 12.0 Å². The maximum atomic E-state index is 6.81. The lowest BCUT2D eigenvalue weighted by Crippen LogP contribution is -2.14. The van der Waals surface area contributed by atoms with Crippen molar-refractivity contribution in [3.63, 3.8) is 0 Å². The Morgan fingerprint density at radius 2 is 1.86 bits per heavy atom. The molecule has 1 heteroatoms. The summed E-state index contributed by atoms with van der Waals surface area (Å²) >= 11 is 0. The first kappa shape index (κ1) is 3.90. The summed E-state index contributed by atoms with van der Waals surface area (Å²) in [5, 5.41) is 3.15. The molecule has 0 spiro atoms. The second-order valence-corrected chi connectivity index (χ2v) is 1.46. The Bertz CT molecular complexity index is 44.3. The van der Waals surface area contributed by atoms with E-state index in [1.165, 1.54) is 0 Å². The third-order valence-electron chi connectivity index (χ3n) is 0.707. The van der Waals surface area contributed by atoms with E-state index in [0.717, 1.165) is 25.9 Å². The molecule has 0 saturated heterocycles. The molecule has 0 bridgehead atoms. The average molecular weight is 103 g/mol. The second kappa shape index (κ2) is 5.96. The van der Waals surface area contributed by atoms with Crippen LogP contribution in [0.4, 0.5) is 0 Å². The van der Waals surface area contributed by atoms with Gasteiger partial charge in [-0.05, 0) is 25.9 Å². The highest BCUT2D eigenvalue weighted by Crippen LogP contribution is 1.71. The van der Waals surface area contributed by atoms with Crippen molar-refractivity contribution in [2.24, 2.45) is 0 Å². The van der Waals surface area contributed by atoms with Crippen LogP contribution in [0.15, 0.2) is 0 Å². The summed E-state index contributed by atoms with van der Waals surface area (Å²) in [6.07, 6.45) is 1.86. The smallest absolute Gasteiger partial charge is 0.0231 e. The molecule has 1 nitrogen and oxygen atoms in total. The van der Waals surface area contributed by atoms with Crippen molar-refractivity contribution in [3.05, 3.63) is 0 Å². The Morgan fingerprint density at radius 1 is 1.29 bits per heavy atom. The van der Waals surface area contributed by atoms with E-state index >= 15 is 0 Å². The van der Waals surface area contributed by atoms with Gasteiger partial charge in [0.1, 0.15) is 0 Å². The molecule has 0 saturated carbocycles. The average Bonchev–Trinajstić information content (AvgIpc) is 1.89. The molecule has 0 rings (SSSR count). The minimum atomic E-state index is 0.508. The van der Waals surface area contributed by atoms with Crippen LogP contribution in [0.25, 0.3) is 0 Å². The Labute approximate surface area is 48.9 Å². The first-order valence-electron chi connectivity index (χ1n) is 4.12. The van der Waals surface area contributed by atoms with Crippen LogP contribution in [0.3, 0.4) is 0 Å². The van der Waals surface area contributed by atoms with Crippen LogP contribution in [0, 0.1) is 0 Å². The van der Waals surface area contributed by atoms with E-state index in [2.05, 4.69) is 5.32 Å². The summed E-state index contributed by atoms with van der Waals surface area (Å²) in [7, 11) is 0. The van der Waals surface area contributed by atoms with E-state index in [1.54, 1.807) is 0 Å². The molecule has 7 heavy (non-hydrogen) atoms. The summed E-state index contributed by atoms with van der Waals surface area (Å²) in [4.78, 5) is 0. The third kappa shape index (κ3) is 5.96. The number of hydrogen-bond donors (Lipinski definition) is 1. The fourth-order valence-electron chi connectivity index (χ4n) is 0.375. The molecular formula is C6H15N. The lowest BCUT2D eigenvalue weighted by Gasteiger charge is -1.95. The highest BCUT2D eigenvalue weighted by atomic mass is 14.8. The van der Waals surface area contributed by atoms with Gasteiger partial charge < -0.3 is 5.32 Å². The Hall–Kier alpha value is -0.0400. The van der Waals surface area contributed by atoms with Crippen LogP contribution >= 0.6 is 0 Å². The summed E-state index contributed by atoms with van der Waals surface area (Å²) in [6.45, 7) is 2.88. The molecule has 0 aromatic rings. The van der Waals surface area contributed by atoms with Gasteiger partial charge >= 0.3 is 0 Å². The largest absolute Gasteiger partial charge is 0.317 e. The number of nitrogens with one attached hydrogen (secondary N) is 1. The van der Waals surface area contributed by atoms with Crippen LogP contribution in [0.1, 0.15) is 29.4 Å². The van der Waals surface area contributed by atoms with Gasteiger partial charge in [-0.3, -0.25) is 0 Å². The number of hydrogen-bond acceptors (Lipinski definition) is 1. The maximum absolute atomic E-state index is 6.81. The molecule has 0 heterocycles. The monoisotopic (exact) mass is 103 g/mol. The van der Waals surface area contributed by atoms with Crippen molar-refractivity contribution < 1.29 is 2.74 Å². The molecular weight excluding hydrogens is 86.1 g/mol. The molecule has 0 fully saturated rings. The molecule has 1 N–H and O–H groups in total. The predicted molar refractivity (Wildman–Crippen MR) is 33.5 cm³/mol. The molecule has 0 aliphatic carbocycles. The molecule has 0 amide bonds. The summed E-state index contributed by atoms with van der Waals surface area (Å²) in [5.41, 5.74) is 0. The van der Waals surface area contributed by atoms with Gasteiger partial charge in [-0.2, -0.15) is 0 Å². The fourth-order valence-corrected chi connectivity index (χ4v) is 0.375. The summed E-state index contributed by atoms with van der Waals surface area (Å²) in [6, 6.07) is 0. The zero-order chi connectivity index (χ0) is 6.95. The van der Waals surface area contributed by atoms with Gasteiger partial charge in [0.25, 0.3) is 0 Å². The van der Waals surface area contributed by atoms with Crippen molar-refractivity contribution in [1.29, 1.82) is 0 Å². The van der Waals surface area contributed by atoms with Gasteiger partial charge in [-0.1, -0.05) is 13.8 Å². The molecule has 0 atom stereocenters. The zero-order valence-electron chi connectivity index (χ0n) is 6.74. The van der Waals surface area contributed by atoms with Crippen molar-refractivity contribution in [3.8, 4) is 0 Å². The molecule has 0 aliphatic heterocycles. The first-order chi connectivity index (χ1) is 4.41. The van der Waals surface area contributed by atoms with E-state index in [1.807, 2.05) is 0 Å². The molecule has 0 radical (unpaired) electrons. The van der Waals surface area contributed by atoms with Crippen molar-refractivity contribution in [2.75, 3.05) is 13.1 Å². The standard InChI is InChI=1S/C6H15N/c1-3-5-7-6-4-2/h7H,3-6H2,1-2H3/i1D,2D. The van der Waals surface area contributed by atoms with E-state index < -0.39 is 0 Å². The quantitative estimate of drug-likeness (QED) is 0.530. The third-order valence-corrected chi connectivity index (χ3v) is 0.707. The van der Waals surface area contributed by atoms with Crippen molar-refractivity contribution in [2.45, 2.75) is 26.6 Å². The fraction of sp³-hybridized carbons (Fsp3) is 1.00. The van der Waals surface area contributed by atoms with Crippen molar-refractivity contribution in [1.82, 2.24) is 5.32 Å². The van der Waals surface area contributed by atoms with Gasteiger partial charge in [0, 0.05) is 2.74 Å². The summed E-state index contributed by atoms with van der Waals surface area (Å²) < 4.78 is 13.6. The van der Waals surface area contributed by atoms with Gasteiger partial charge in [-0.15, -0.1) is 0 Å². The molecule has 0 aromatic carbocycles. The Kier molecular flexibility index (Phi) is 3.32. The lowest BCUT2D eigenvalue weighted by molar-refractivity contribution is 0.662. The molecule has 0 aliphatic rings. The molecule has 44 valence electrons. The normalized spacial score (nSPS) is 13.1. The first-order valence-corrected chi connectivity index (χ1v) is 2.71. The number of rotatable bonds is 4. The van der Waals surface area contributed by atoms with Gasteiger partial charge in [-0.25, -0.2) is 0 Å². The predicted octanol–water partition coefficient (Wildman–Crippen LogP) is 1.40. The lowest BCUT2D eigenvalue weighted by atomic mass is 10.4. The van der Waals surface area contributed by atoms with E-state index in [0.29, 0.717) is 13.8 Å². The van der Waals surface area contributed by atoms with Gasteiger partial charge in [0.2, 0.25) is 0 Å². The van der Waals surface area contributed by atoms with Crippen molar-refractivity contribution >= 4 is 0 Å². The highest BCUT2D eigenvalue weighted by molar-refractivity contribution is 4.39. The van der Waals surface area contributed by atoms with Crippen LogP contribution in [0.2, 0.25) is 0 Å². The van der Waals surface area contributed by atoms with Crippen LogP contribution in [-0.2, 0) is 0 Å². The SMILES string of the molecule is [2H]CCCNCCC[2H]. The molecule has 0 aromatic heterocycles. The minimum Gasteiger partial charge on any atom is -0.317 e. The molecule has 0 unspecified atom stereocenters. The van der Waals surface area contributed by atoms with E-state index in [4.69, 9.17) is 2.74 Å². The van der Waals surface area contributed by atoms with Crippen LogP contribution in [0.5, 0.6) is 0 Å².